The van der Waals surface area contributed by atoms with Gasteiger partial charge in [0, 0.05) is 23.6 Å². The Morgan fingerprint density at radius 3 is 2.62 bits per heavy atom. The summed E-state index contributed by atoms with van der Waals surface area (Å²) in [5.74, 6) is -0.913. The van der Waals surface area contributed by atoms with E-state index >= 15 is 0 Å². The van der Waals surface area contributed by atoms with E-state index in [-0.39, 0.29) is 17.7 Å². The molecule has 0 bridgehead atoms. The summed E-state index contributed by atoms with van der Waals surface area (Å²) in [7, 11) is -3.46. The SMILES string of the molecule is N[C@@H]1CCCN(C(=O)CS(=O)(=O)Cc2ccc(Br)cc2)C1. The number of amides is 1. The number of carbonyl (C=O) groups excluding carboxylic acids is 1. The third kappa shape index (κ3) is 5.09. The highest BCUT2D eigenvalue weighted by atomic mass is 79.9. The van der Waals surface area contributed by atoms with Gasteiger partial charge in [0.2, 0.25) is 5.91 Å². The summed E-state index contributed by atoms with van der Waals surface area (Å²) in [5.41, 5.74) is 6.50. The van der Waals surface area contributed by atoms with Gasteiger partial charge >= 0.3 is 0 Å². The van der Waals surface area contributed by atoms with Gasteiger partial charge in [0.15, 0.2) is 9.84 Å². The van der Waals surface area contributed by atoms with Crippen molar-refractivity contribution in [3.63, 3.8) is 0 Å². The molecule has 1 aromatic rings. The molecule has 1 atom stereocenters. The Bertz CT molecular complexity index is 601. The fourth-order valence-electron chi connectivity index (χ4n) is 2.40. The first kappa shape index (κ1) is 16.5. The van der Waals surface area contributed by atoms with Crippen LogP contribution in [0.15, 0.2) is 28.7 Å². The maximum absolute atomic E-state index is 12.1. The summed E-state index contributed by atoms with van der Waals surface area (Å²) in [5, 5.41) is 0. The smallest absolute Gasteiger partial charge is 0.237 e. The van der Waals surface area contributed by atoms with Gasteiger partial charge in [-0.05, 0) is 30.5 Å². The van der Waals surface area contributed by atoms with Crippen molar-refractivity contribution in [1.29, 1.82) is 0 Å². The maximum atomic E-state index is 12.1. The number of hydrogen-bond donors (Lipinski definition) is 1. The second kappa shape index (κ2) is 6.89. The van der Waals surface area contributed by atoms with Crippen LogP contribution >= 0.6 is 15.9 Å². The first-order valence-electron chi connectivity index (χ1n) is 6.84. The molecular weight excluding hydrogens is 356 g/mol. The number of benzene rings is 1. The van der Waals surface area contributed by atoms with E-state index in [4.69, 9.17) is 5.73 Å². The number of hydrogen-bond acceptors (Lipinski definition) is 4. The van der Waals surface area contributed by atoms with Gasteiger partial charge in [-0.1, -0.05) is 28.1 Å². The third-order valence-corrected chi connectivity index (χ3v) is 5.44. The zero-order chi connectivity index (χ0) is 15.5. The number of nitrogens with two attached hydrogens (primary N) is 1. The molecule has 0 saturated carbocycles. The Hall–Kier alpha value is -0.920. The van der Waals surface area contributed by atoms with Crippen LogP contribution in [0.3, 0.4) is 0 Å². The molecule has 21 heavy (non-hydrogen) atoms. The first-order chi connectivity index (χ1) is 9.85. The fourth-order valence-corrected chi connectivity index (χ4v) is 4.03. The lowest BCUT2D eigenvalue weighted by molar-refractivity contribution is -0.129. The minimum absolute atomic E-state index is 0.0446. The highest BCUT2D eigenvalue weighted by molar-refractivity contribution is 9.10. The average Bonchev–Trinajstić information content (AvgIpc) is 2.40. The molecule has 7 heteroatoms. The molecule has 2 rings (SSSR count). The van der Waals surface area contributed by atoms with Crippen LogP contribution < -0.4 is 5.73 Å². The molecule has 116 valence electrons. The molecule has 1 heterocycles. The Morgan fingerprint density at radius 2 is 2.00 bits per heavy atom. The van der Waals surface area contributed by atoms with Crippen molar-refractivity contribution < 1.29 is 13.2 Å². The molecular formula is C14H19BrN2O3S. The van der Waals surface area contributed by atoms with Gasteiger partial charge in [0.1, 0.15) is 5.75 Å². The van der Waals surface area contributed by atoms with Crippen molar-refractivity contribution in [1.82, 2.24) is 4.90 Å². The standard InChI is InChI=1S/C14H19BrN2O3S/c15-12-5-3-11(4-6-12)9-21(19,20)10-14(18)17-7-1-2-13(16)8-17/h3-6,13H,1-2,7-10,16H2/t13-/m1/s1. The number of rotatable bonds is 4. The average molecular weight is 375 g/mol. The Kier molecular flexibility index (Phi) is 5.40. The van der Waals surface area contributed by atoms with Crippen LogP contribution in [0.2, 0.25) is 0 Å². The van der Waals surface area contributed by atoms with Gasteiger partial charge < -0.3 is 10.6 Å². The molecule has 1 aliphatic heterocycles. The van der Waals surface area contributed by atoms with E-state index in [0.717, 1.165) is 17.3 Å². The molecule has 1 saturated heterocycles. The Balaban J connectivity index is 1.96. The van der Waals surface area contributed by atoms with E-state index in [9.17, 15) is 13.2 Å². The Morgan fingerprint density at radius 1 is 1.33 bits per heavy atom. The quantitative estimate of drug-likeness (QED) is 0.861. The number of halogens is 1. The topological polar surface area (TPSA) is 80.5 Å². The number of likely N-dealkylation sites (tertiary alicyclic amines) is 1. The van der Waals surface area contributed by atoms with Gasteiger partial charge in [-0.25, -0.2) is 8.42 Å². The number of nitrogens with zero attached hydrogens (tertiary/aromatic N) is 1. The first-order valence-corrected chi connectivity index (χ1v) is 9.45. The molecule has 0 unspecified atom stereocenters. The zero-order valence-electron chi connectivity index (χ0n) is 11.7. The second-order valence-corrected chi connectivity index (χ2v) is 8.38. The summed E-state index contributed by atoms with van der Waals surface area (Å²) in [6.45, 7) is 1.05. The molecule has 5 nitrogen and oxygen atoms in total. The van der Waals surface area contributed by atoms with Crippen LogP contribution in [0.1, 0.15) is 18.4 Å². The lowest BCUT2D eigenvalue weighted by Gasteiger charge is -2.30. The van der Waals surface area contributed by atoms with Crippen molar-refractivity contribution in [3.8, 4) is 0 Å². The molecule has 0 aliphatic carbocycles. The van der Waals surface area contributed by atoms with Crippen molar-refractivity contribution in [3.05, 3.63) is 34.3 Å². The van der Waals surface area contributed by atoms with Crippen LogP contribution in [0.25, 0.3) is 0 Å². The van der Waals surface area contributed by atoms with Crippen molar-refractivity contribution in [2.75, 3.05) is 18.8 Å². The predicted molar refractivity (Wildman–Crippen MR) is 85.4 cm³/mol. The summed E-state index contributed by atoms with van der Waals surface area (Å²) >= 11 is 3.30. The van der Waals surface area contributed by atoms with Crippen molar-refractivity contribution >= 4 is 31.7 Å². The predicted octanol–water partition coefficient (Wildman–Crippen LogP) is 1.31. The van der Waals surface area contributed by atoms with Crippen molar-refractivity contribution in [2.45, 2.75) is 24.6 Å². The number of sulfone groups is 1. The van der Waals surface area contributed by atoms with Gasteiger partial charge in [-0.3, -0.25) is 4.79 Å². The van der Waals surface area contributed by atoms with Gasteiger partial charge in [-0.2, -0.15) is 0 Å². The molecule has 1 fully saturated rings. The summed E-state index contributed by atoms with van der Waals surface area (Å²) in [6, 6.07) is 7.01. The van der Waals surface area contributed by atoms with Crippen LogP contribution in [0.5, 0.6) is 0 Å². The minimum Gasteiger partial charge on any atom is -0.340 e. The monoisotopic (exact) mass is 374 g/mol. The summed E-state index contributed by atoms with van der Waals surface area (Å²) in [4.78, 5) is 13.7. The maximum Gasteiger partial charge on any atom is 0.237 e. The second-order valence-electron chi connectivity index (χ2n) is 5.40. The Labute approximate surface area is 133 Å². The lowest BCUT2D eigenvalue weighted by atomic mass is 10.1. The molecule has 0 aromatic heterocycles. The van der Waals surface area contributed by atoms with Gasteiger partial charge in [0.05, 0.1) is 5.75 Å². The van der Waals surface area contributed by atoms with Crippen LogP contribution in [0.4, 0.5) is 0 Å². The zero-order valence-corrected chi connectivity index (χ0v) is 14.1. The van der Waals surface area contributed by atoms with Gasteiger partial charge in [-0.15, -0.1) is 0 Å². The van der Waals surface area contributed by atoms with Crippen LogP contribution in [-0.2, 0) is 20.4 Å². The van der Waals surface area contributed by atoms with Crippen LogP contribution in [0, 0.1) is 0 Å². The molecule has 0 radical (unpaired) electrons. The highest BCUT2D eigenvalue weighted by Crippen LogP contribution is 2.14. The highest BCUT2D eigenvalue weighted by Gasteiger charge is 2.25. The molecule has 1 aliphatic rings. The van der Waals surface area contributed by atoms with Crippen LogP contribution in [-0.4, -0.2) is 44.1 Å². The van der Waals surface area contributed by atoms with Gasteiger partial charge in [0.25, 0.3) is 0 Å². The van der Waals surface area contributed by atoms with E-state index in [1.54, 1.807) is 29.2 Å². The largest absolute Gasteiger partial charge is 0.340 e. The molecule has 2 N–H and O–H groups in total. The normalized spacial score (nSPS) is 19.5. The summed E-state index contributed by atoms with van der Waals surface area (Å²) in [6.07, 6.45) is 1.72. The minimum atomic E-state index is -3.46. The molecule has 1 aromatic carbocycles. The van der Waals surface area contributed by atoms with E-state index in [0.29, 0.717) is 18.7 Å². The van der Waals surface area contributed by atoms with E-state index in [2.05, 4.69) is 15.9 Å². The van der Waals surface area contributed by atoms with E-state index in [1.165, 1.54) is 0 Å². The van der Waals surface area contributed by atoms with E-state index < -0.39 is 15.6 Å². The van der Waals surface area contributed by atoms with E-state index in [1.807, 2.05) is 0 Å². The number of piperidine rings is 1. The fraction of sp³-hybridized carbons (Fsp3) is 0.500. The summed E-state index contributed by atoms with van der Waals surface area (Å²) < 4.78 is 25.1. The molecule has 0 spiro atoms. The lowest BCUT2D eigenvalue weighted by Crippen LogP contribution is -2.47. The van der Waals surface area contributed by atoms with Crippen molar-refractivity contribution in [2.24, 2.45) is 5.73 Å². The number of carbonyl (C=O) groups is 1. The third-order valence-electron chi connectivity index (χ3n) is 3.45. The molecule has 1 amide bonds.